The van der Waals surface area contributed by atoms with E-state index >= 15 is 0 Å². The van der Waals surface area contributed by atoms with Gasteiger partial charge in [-0.25, -0.2) is 4.79 Å². The Kier molecular flexibility index (Phi) is 3.73. The van der Waals surface area contributed by atoms with Crippen molar-refractivity contribution in [3.8, 4) is 12.3 Å². The molecule has 0 spiro atoms. The molecule has 0 amide bonds. The molecule has 0 saturated heterocycles. The highest BCUT2D eigenvalue weighted by Crippen LogP contribution is 2.41. The van der Waals surface area contributed by atoms with Crippen molar-refractivity contribution < 1.29 is 9.53 Å². The monoisotopic (exact) mass is 290 g/mol. The van der Waals surface area contributed by atoms with E-state index in [0.29, 0.717) is 5.56 Å². The van der Waals surface area contributed by atoms with E-state index < -0.39 is 5.60 Å². The molecular weight excluding hydrogens is 268 g/mol. The van der Waals surface area contributed by atoms with Crippen LogP contribution in [0.4, 0.5) is 0 Å². The van der Waals surface area contributed by atoms with Crippen LogP contribution >= 0.6 is 11.3 Å². The summed E-state index contributed by atoms with van der Waals surface area (Å²) in [4.78, 5) is 14.5. The van der Waals surface area contributed by atoms with Gasteiger partial charge in [0, 0.05) is 4.88 Å². The second-order valence-electron chi connectivity index (χ2n) is 7.20. The molecule has 20 heavy (non-hydrogen) atoms. The van der Waals surface area contributed by atoms with Crippen LogP contribution in [0.2, 0.25) is 0 Å². The van der Waals surface area contributed by atoms with Crippen molar-refractivity contribution in [1.29, 1.82) is 0 Å². The molecule has 0 saturated carbocycles. The van der Waals surface area contributed by atoms with Crippen molar-refractivity contribution in [2.75, 3.05) is 0 Å². The molecule has 2 rings (SSSR count). The molecule has 108 valence electrons. The SMILES string of the molecule is C#Cc1sc2c(c1C(=O)OC(C)(C)C)CC(C)(C)CC2. The second-order valence-corrected chi connectivity index (χ2v) is 8.30. The normalized spacial score (nSPS) is 17.2. The summed E-state index contributed by atoms with van der Waals surface area (Å²) in [6.07, 6.45) is 8.62. The number of fused-ring (bicyclic) bond motifs is 1. The van der Waals surface area contributed by atoms with E-state index in [0.717, 1.165) is 29.7 Å². The number of hydrogen-bond acceptors (Lipinski definition) is 3. The number of thiophene rings is 1. The Hall–Kier alpha value is -1.27. The predicted molar refractivity (Wildman–Crippen MR) is 83.2 cm³/mol. The topological polar surface area (TPSA) is 26.3 Å². The minimum absolute atomic E-state index is 0.219. The zero-order valence-electron chi connectivity index (χ0n) is 12.9. The van der Waals surface area contributed by atoms with Crippen LogP contribution < -0.4 is 0 Å². The molecule has 0 atom stereocenters. The third-order valence-corrected chi connectivity index (χ3v) is 4.73. The van der Waals surface area contributed by atoms with Gasteiger partial charge < -0.3 is 4.74 Å². The number of ether oxygens (including phenoxy) is 1. The number of hydrogen-bond donors (Lipinski definition) is 0. The zero-order valence-corrected chi connectivity index (χ0v) is 13.7. The van der Waals surface area contributed by atoms with Crippen molar-refractivity contribution in [3.63, 3.8) is 0 Å². The molecule has 0 fully saturated rings. The number of carbonyl (C=O) groups is 1. The number of terminal acetylenes is 1. The van der Waals surface area contributed by atoms with Crippen LogP contribution in [0.25, 0.3) is 0 Å². The van der Waals surface area contributed by atoms with Gasteiger partial charge >= 0.3 is 5.97 Å². The Balaban J connectivity index is 2.45. The minimum Gasteiger partial charge on any atom is -0.456 e. The average Bonchev–Trinajstić information content (AvgIpc) is 2.62. The van der Waals surface area contributed by atoms with Crippen molar-refractivity contribution in [1.82, 2.24) is 0 Å². The summed E-state index contributed by atoms with van der Waals surface area (Å²) in [5.74, 6) is 2.39. The molecule has 0 unspecified atom stereocenters. The van der Waals surface area contributed by atoms with Crippen LogP contribution in [0.15, 0.2) is 0 Å². The first-order chi connectivity index (χ1) is 9.13. The van der Waals surface area contributed by atoms with Crippen LogP contribution in [-0.4, -0.2) is 11.6 Å². The molecule has 1 aliphatic carbocycles. The first-order valence-corrected chi connectivity index (χ1v) is 7.79. The van der Waals surface area contributed by atoms with Crippen LogP contribution in [0.5, 0.6) is 0 Å². The molecule has 0 bridgehead atoms. The van der Waals surface area contributed by atoms with Gasteiger partial charge in [0.25, 0.3) is 0 Å². The second kappa shape index (κ2) is 4.93. The number of aryl methyl sites for hydroxylation is 1. The van der Waals surface area contributed by atoms with Crippen LogP contribution in [0, 0.1) is 17.8 Å². The molecule has 1 heterocycles. The fraction of sp³-hybridized carbons (Fsp3) is 0.588. The van der Waals surface area contributed by atoms with Gasteiger partial charge in [0.1, 0.15) is 5.60 Å². The quantitative estimate of drug-likeness (QED) is 0.572. The fourth-order valence-corrected chi connectivity index (χ4v) is 3.68. The fourth-order valence-electron chi connectivity index (χ4n) is 2.57. The lowest BCUT2D eigenvalue weighted by Crippen LogP contribution is -2.27. The maximum atomic E-state index is 12.5. The molecule has 0 aliphatic heterocycles. The van der Waals surface area contributed by atoms with Gasteiger partial charge in [-0.2, -0.15) is 0 Å². The highest BCUT2D eigenvalue weighted by atomic mass is 32.1. The molecular formula is C17H22O2S. The number of carbonyl (C=O) groups excluding carboxylic acids is 1. The lowest BCUT2D eigenvalue weighted by molar-refractivity contribution is 0.00680. The molecule has 2 nitrogen and oxygen atoms in total. The first kappa shape index (κ1) is 15.1. The standard InChI is InChI=1S/C17H22O2S/c1-7-12-14(15(18)19-16(2,3)4)11-10-17(5,6)9-8-13(11)20-12/h1H,8-10H2,2-6H3. The highest BCUT2D eigenvalue weighted by molar-refractivity contribution is 7.13. The molecule has 0 aromatic carbocycles. The van der Waals surface area contributed by atoms with Gasteiger partial charge in [0.2, 0.25) is 0 Å². The molecule has 1 aliphatic rings. The van der Waals surface area contributed by atoms with Crippen molar-refractivity contribution in [2.45, 2.75) is 59.5 Å². The maximum absolute atomic E-state index is 12.5. The summed E-state index contributed by atoms with van der Waals surface area (Å²) < 4.78 is 5.53. The summed E-state index contributed by atoms with van der Waals surface area (Å²) in [5, 5.41) is 0. The van der Waals surface area contributed by atoms with E-state index in [9.17, 15) is 4.79 Å². The number of rotatable bonds is 1. The predicted octanol–water partition coefficient (Wildman–Crippen LogP) is 4.20. The molecule has 0 radical (unpaired) electrons. The smallest absolute Gasteiger partial charge is 0.341 e. The van der Waals surface area contributed by atoms with Gasteiger partial charge in [-0.1, -0.05) is 19.8 Å². The lowest BCUT2D eigenvalue weighted by atomic mass is 9.76. The summed E-state index contributed by atoms with van der Waals surface area (Å²) in [7, 11) is 0. The van der Waals surface area contributed by atoms with Crippen molar-refractivity contribution in [3.05, 3.63) is 20.9 Å². The van der Waals surface area contributed by atoms with Crippen molar-refractivity contribution in [2.24, 2.45) is 5.41 Å². The van der Waals surface area contributed by atoms with Gasteiger partial charge in [0.15, 0.2) is 0 Å². The summed E-state index contributed by atoms with van der Waals surface area (Å²) >= 11 is 1.58. The van der Waals surface area contributed by atoms with Crippen molar-refractivity contribution >= 4 is 17.3 Å². The van der Waals surface area contributed by atoms with E-state index in [1.807, 2.05) is 20.8 Å². The molecule has 3 heteroatoms. The summed E-state index contributed by atoms with van der Waals surface area (Å²) in [6, 6.07) is 0. The average molecular weight is 290 g/mol. The van der Waals surface area contributed by atoms with Gasteiger partial charge in [-0.05, 0) is 51.0 Å². The maximum Gasteiger partial charge on any atom is 0.341 e. The van der Waals surface area contributed by atoms with Gasteiger partial charge in [0.05, 0.1) is 10.4 Å². The Morgan fingerprint density at radius 1 is 1.40 bits per heavy atom. The molecule has 1 aromatic heterocycles. The third-order valence-electron chi connectivity index (χ3n) is 3.51. The largest absolute Gasteiger partial charge is 0.456 e. The summed E-state index contributed by atoms with van der Waals surface area (Å²) in [6.45, 7) is 10.1. The van der Waals surface area contributed by atoms with Gasteiger partial charge in [-0.15, -0.1) is 17.8 Å². The molecule has 1 aromatic rings. The first-order valence-electron chi connectivity index (χ1n) is 6.97. The van der Waals surface area contributed by atoms with Gasteiger partial charge in [-0.3, -0.25) is 0 Å². The number of esters is 1. The van der Waals surface area contributed by atoms with Crippen LogP contribution in [-0.2, 0) is 17.6 Å². The van der Waals surface area contributed by atoms with Crippen LogP contribution in [0.1, 0.15) is 66.7 Å². The van der Waals surface area contributed by atoms with E-state index in [4.69, 9.17) is 11.2 Å². The minimum atomic E-state index is -0.498. The van der Waals surface area contributed by atoms with E-state index in [1.54, 1.807) is 11.3 Å². The van der Waals surface area contributed by atoms with E-state index in [-0.39, 0.29) is 11.4 Å². The summed E-state index contributed by atoms with van der Waals surface area (Å²) in [5.41, 5.74) is 1.47. The Labute approximate surface area is 125 Å². The zero-order chi connectivity index (χ0) is 15.1. The van der Waals surface area contributed by atoms with E-state index in [2.05, 4.69) is 19.8 Å². The Morgan fingerprint density at radius 2 is 2.05 bits per heavy atom. The highest BCUT2D eigenvalue weighted by Gasteiger charge is 2.33. The third kappa shape index (κ3) is 3.07. The lowest BCUT2D eigenvalue weighted by Gasteiger charge is -2.30. The Bertz CT molecular complexity index is 579. The Morgan fingerprint density at radius 3 is 2.60 bits per heavy atom. The van der Waals surface area contributed by atoms with E-state index in [1.165, 1.54) is 4.88 Å². The van der Waals surface area contributed by atoms with Crippen LogP contribution in [0.3, 0.4) is 0 Å². The molecule has 0 N–H and O–H groups in total.